The van der Waals surface area contributed by atoms with Crippen molar-refractivity contribution < 1.29 is 31.9 Å². The van der Waals surface area contributed by atoms with Crippen LogP contribution in [0.2, 0.25) is 0 Å². The van der Waals surface area contributed by atoms with E-state index >= 15 is 0 Å². The van der Waals surface area contributed by atoms with E-state index in [2.05, 4.69) is 4.98 Å². The summed E-state index contributed by atoms with van der Waals surface area (Å²) in [4.78, 5) is 14.1. The van der Waals surface area contributed by atoms with Gasteiger partial charge in [-0.05, 0) is 6.07 Å². The first-order valence-corrected chi connectivity index (χ1v) is 5.30. The standard InChI is InChI=1S/C12H5F5N2O2/c13-4-1-7(15)11(18-3-4)19-10-5(12(20)21)2-6(14)8(16)9(10)17/h1-3H,(H,18,19)(H,20,21). The predicted octanol–water partition coefficient (Wildman–Crippen LogP) is 3.22. The molecule has 1 heterocycles. The maximum atomic E-state index is 13.6. The number of nitrogens with one attached hydrogen (secondary N) is 1. The zero-order chi connectivity index (χ0) is 15.7. The second-order valence-electron chi connectivity index (χ2n) is 3.82. The Morgan fingerprint density at radius 2 is 1.71 bits per heavy atom. The minimum Gasteiger partial charge on any atom is -0.478 e. The van der Waals surface area contributed by atoms with Crippen LogP contribution in [-0.4, -0.2) is 16.1 Å². The molecule has 0 unspecified atom stereocenters. The average molecular weight is 304 g/mol. The van der Waals surface area contributed by atoms with E-state index in [1.807, 2.05) is 5.32 Å². The molecular formula is C12H5F5N2O2. The molecule has 0 aliphatic heterocycles. The van der Waals surface area contributed by atoms with Crippen LogP contribution in [0.5, 0.6) is 0 Å². The molecular weight excluding hydrogens is 299 g/mol. The highest BCUT2D eigenvalue weighted by Gasteiger charge is 2.23. The van der Waals surface area contributed by atoms with Crippen LogP contribution in [0.4, 0.5) is 33.5 Å². The number of aromatic carboxylic acids is 1. The van der Waals surface area contributed by atoms with Gasteiger partial charge in [-0.15, -0.1) is 0 Å². The molecule has 0 bridgehead atoms. The van der Waals surface area contributed by atoms with Gasteiger partial charge in [0.05, 0.1) is 17.4 Å². The van der Waals surface area contributed by atoms with Gasteiger partial charge in [0.1, 0.15) is 5.82 Å². The molecule has 0 saturated heterocycles. The van der Waals surface area contributed by atoms with Gasteiger partial charge < -0.3 is 10.4 Å². The van der Waals surface area contributed by atoms with Gasteiger partial charge in [-0.2, -0.15) is 0 Å². The first-order valence-electron chi connectivity index (χ1n) is 5.30. The molecule has 0 spiro atoms. The van der Waals surface area contributed by atoms with Crippen LogP contribution in [0.3, 0.4) is 0 Å². The molecule has 0 atom stereocenters. The molecule has 2 rings (SSSR count). The van der Waals surface area contributed by atoms with E-state index < -0.39 is 52.1 Å². The summed E-state index contributed by atoms with van der Waals surface area (Å²) in [6.45, 7) is 0. The van der Waals surface area contributed by atoms with Crippen LogP contribution in [0.25, 0.3) is 0 Å². The van der Waals surface area contributed by atoms with E-state index in [1.165, 1.54) is 0 Å². The molecule has 0 amide bonds. The van der Waals surface area contributed by atoms with Gasteiger partial charge in [0.2, 0.25) is 0 Å². The summed E-state index contributed by atoms with van der Waals surface area (Å²) in [6.07, 6.45) is 0.573. The average Bonchev–Trinajstić information content (AvgIpc) is 2.41. The summed E-state index contributed by atoms with van der Waals surface area (Å²) in [5.41, 5.74) is -2.00. The van der Waals surface area contributed by atoms with Gasteiger partial charge in [0, 0.05) is 6.07 Å². The van der Waals surface area contributed by atoms with Crippen molar-refractivity contribution in [1.29, 1.82) is 0 Å². The molecule has 4 nitrogen and oxygen atoms in total. The van der Waals surface area contributed by atoms with Crippen LogP contribution >= 0.6 is 0 Å². The zero-order valence-electron chi connectivity index (χ0n) is 9.92. The highest BCUT2D eigenvalue weighted by molar-refractivity contribution is 5.95. The number of benzene rings is 1. The number of pyridine rings is 1. The first-order chi connectivity index (χ1) is 9.81. The molecule has 21 heavy (non-hydrogen) atoms. The van der Waals surface area contributed by atoms with Gasteiger partial charge in [0.25, 0.3) is 0 Å². The van der Waals surface area contributed by atoms with E-state index in [0.29, 0.717) is 12.3 Å². The van der Waals surface area contributed by atoms with Crippen LogP contribution < -0.4 is 5.32 Å². The van der Waals surface area contributed by atoms with E-state index in [1.54, 1.807) is 0 Å². The lowest BCUT2D eigenvalue weighted by Crippen LogP contribution is -2.10. The molecule has 2 aromatic rings. The number of halogens is 5. The third kappa shape index (κ3) is 2.76. The van der Waals surface area contributed by atoms with E-state index in [4.69, 9.17) is 5.11 Å². The van der Waals surface area contributed by atoms with E-state index in [9.17, 15) is 26.7 Å². The second-order valence-corrected chi connectivity index (χ2v) is 3.82. The zero-order valence-corrected chi connectivity index (χ0v) is 9.92. The predicted molar refractivity (Wildman–Crippen MR) is 60.7 cm³/mol. The number of carboxylic acid groups (broad SMARTS) is 1. The van der Waals surface area contributed by atoms with Gasteiger partial charge in [-0.1, -0.05) is 0 Å². The highest BCUT2D eigenvalue weighted by Crippen LogP contribution is 2.28. The number of rotatable bonds is 3. The van der Waals surface area contributed by atoms with Crippen LogP contribution in [0.15, 0.2) is 18.3 Å². The molecule has 110 valence electrons. The third-order valence-corrected chi connectivity index (χ3v) is 2.44. The van der Waals surface area contributed by atoms with Crippen molar-refractivity contribution in [3.05, 3.63) is 53.0 Å². The lowest BCUT2D eigenvalue weighted by Gasteiger charge is -2.11. The normalized spacial score (nSPS) is 10.5. The van der Waals surface area contributed by atoms with Crippen LogP contribution in [0, 0.1) is 29.1 Å². The largest absolute Gasteiger partial charge is 0.478 e. The molecule has 0 radical (unpaired) electrons. The lowest BCUT2D eigenvalue weighted by atomic mass is 10.1. The Bertz CT molecular complexity index is 736. The Morgan fingerprint density at radius 1 is 1.05 bits per heavy atom. The number of anilines is 2. The number of nitrogens with zero attached hydrogens (tertiary/aromatic N) is 1. The molecule has 1 aromatic carbocycles. The van der Waals surface area contributed by atoms with Gasteiger partial charge in [-0.25, -0.2) is 31.7 Å². The van der Waals surface area contributed by atoms with Gasteiger partial charge >= 0.3 is 5.97 Å². The Kier molecular flexibility index (Phi) is 3.74. The summed E-state index contributed by atoms with van der Waals surface area (Å²) in [5, 5.41) is 10.7. The van der Waals surface area contributed by atoms with Crippen molar-refractivity contribution >= 4 is 17.5 Å². The SMILES string of the molecule is O=C(O)c1cc(F)c(F)c(F)c1Nc1ncc(F)cc1F. The van der Waals surface area contributed by atoms with E-state index in [0.717, 1.165) is 0 Å². The monoisotopic (exact) mass is 304 g/mol. The molecule has 0 fully saturated rings. The summed E-state index contributed by atoms with van der Waals surface area (Å²) in [6, 6.07) is 0.623. The van der Waals surface area contributed by atoms with Crippen LogP contribution in [-0.2, 0) is 0 Å². The molecule has 2 N–H and O–H groups in total. The Labute approximate surface area is 113 Å². The first kappa shape index (κ1) is 14.7. The summed E-state index contributed by atoms with van der Waals surface area (Å²) in [5.74, 6) is -10.3. The highest BCUT2D eigenvalue weighted by atomic mass is 19.2. The maximum Gasteiger partial charge on any atom is 0.338 e. The van der Waals surface area contributed by atoms with E-state index in [-0.39, 0.29) is 6.07 Å². The lowest BCUT2D eigenvalue weighted by molar-refractivity contribution is 0.0696. The number of aromatic nitrogens is 1. The number of carbonyl (C=O) groups is 1. The van der Waals surface area contributed by atoms with Crippen LogP contribution in [0.1, 0.15) is 10.4 Å². The van der Waals surface area contributed by atoms with Crippen molar-refractivity contribution in [2.75, 3.05) is 5.32 Å². The minimum absolute atomic E-state index is 0.227. The molecule has 0 aliphatic rings. The third-order valence-electron chi connectivity index (χ3n) is 2.44. The maximum absolute atomic E-state index is 13.6. The quantitative estimate of drug-likeness (QED) is 0.675. The fourth-order valence-corrected chi connectivity index (χ4v) is 1.51. The number of hydrogen-bond donors (Lipinski definition) is 2. The van der Waals surface area contributed by atoms with Crippen molar-refractivity contribution in [1.82, 2.24) is 4.98 Å². The van der Waals surface area contributed by atoms with Gasteiger partial charge in [-0.3, -0.25) is 0 Å². The molecule has 1 aromatic heterocycles. The van der Waals surface area contributed by atoms with Crippen molar-refractivity contribution in [3.63, 3.8) is 0 Å². The molecule has 0 saturated carbocycles. The fourth-order valence-electron chi connectivity index (χ4n) is 1.51. The van der Waals surface area contributed by atoms with Gasteiger partial charge in [0.15, 0.2) is 29.1 Å². The molecule has 0 aliphatic carbocycles. The van der Waals surface area contributed by atoms with Crippen molar-refractivity contribution in [2.45, 2.75) is 0 Å². The summed E-state index contributed by atoms with van der Waals surface area (Å²) in [7, 11) is 0. The Morgan fingerprint density at radius 3 is 2.29 bits per heavy atom. The second kappa shape index (κ2) is 5.35. The number of hydrogen-bond acceptors (Lipinski definition) is 3. The topological polar surface area (TPSA) is 62.2 Å². The van der Waals surface area contributed by atoms with Crippen molar-refractivity contribution in [3.8, 4) is 0 Å². The number of carboxylic acids is 1. The molecule has 9 heteroatoms. The Hall–Kier alpha value is -2.71. The van der Waals surface area contributed by atoms with Crippen molar-refractivity contribution in [2.24, 2.45) is 0 Å². The minimum atomic E-state index is -1.94. The smallest absolute Gasteiger partial charge is 0.338 e. The Balaban J connectivity index is 2.57. The fraction of sp³-hybridized carbons (Fsp3) is 0. The summed E-state index contributed by atoms with van der Waals surface area (Å²) >= 11 is 0. The summed E-state index contributed by atoms with van der Waals surface area (Å²) < 4.78 is 65.8.